The molecule has 0 aliphatic carbocycles. The van der Waals surface area contributed by atoms with E-state index in [9.17, 15) is 14.0 Å². The predicted molar refractivity (Wildman–Crippen MR) is 103 cm³/mol. The van der Waals surface area contributed by atoms with Gasteiger partial charge in [-0.3, -0.25) is 9.59 Å². The van der Waals surface area contributed by atoms with Crippen LogP contribution in [0.5, 0.6) is 0 Å². The number of hydrogen-bond acceptors (Lipinski definition) is 4. The van der Waals surface area contributed by atoms with Crippen LogP contribution in [0.15, 0.2) is 34.7 Å². The number of aryl methyl sites for hydroxylation is 2. The van der Waals surface area contributed by atoms with Crippen LogP contribution in [0.1, 0.15) is 40.3 Å². The molecule has 6 nitrogen and oxygen atoms in total. The molecule has 28 heavy (non-hydrogen) atoms. The second kappa shape index (κ2) is 10.6. The fraction of sp³-hybridized carbons (Fsp3) is 0.429. The van der Waals surface area contributed by atoms with Crippen molar-refractivity contribution in [1.29, 1.82) is 0 Å². The van der Waals surface area contributed by atoms with Crippen LogP contribution in [0.25, 0.3) is 0 Å². The van der Waals surface area contributed by atoms with Crippen molar-refractivity contribution in [2.24, 2.45) is 0 Å². The number of carbonyl (C=O) groups excluding carboxylic acids is 2. The molecular weight excluding hydrogens is 363 g/mol. The lowest BCUT2D eigenvalue weighted by atomic mass is 10.2. The molecule has 0 unspecified atom stereocenters. The number of ether oxygens (including phenoxy) is 1. The molecule has 0 aliphatic heterocycles. The summed E-state index contributed by atoms with van der Waals surface area (Å²) in [4.78, 5) is 26.7. The third-order valence-electron chi connectivity index (χ3n) is 4.35. The highest BCUT2D eigenvalue weighted by Gasteiger charge is 2.21. The topological polar surface area (TPSA) is 71.8 Å². The molecule has 1 aromatic heterocycles. The van der Waals surface area contributed by atoms with Gasteiger partial charge in [-0.1, -0.05) is 12.1 Å². The third-order valence-corrected chi connectivity index (χ3v) is 4.35. The van der Waals surface area contributed by atoms with Gasteiger partial charge < -0.3 is 19.4 Å². The predicted octanol–water partition coefficient (Wildman–Crippen LogP) is 3.22. The van der Waals surface area contributed by atoms with E-state index in [2.05, 4.69) is 5.32 Å². The molecule has 1 heterocycles. The monoisotopic (exact) mass is 390 g/mol. The van der Waals surface area contributed by atoms with Crippen molar-refractivity contribution in [3.8, 4) is 0 Å². The van der Waals surface area contributed by atoms with Gasteiger partial charge in [-0.2, -0.15) is 0 Å². The summed E-state index contributed by atoms with van der Waals surface area (Å²) < 4.78 is 23.4. The first-order valence-corrected chi connectivity index (χ1v) is 9.27. The first kappa shape index (κ1) is 21.6. The van der Waals surface area contributed by atoms with Gasteiger partial charge >= 0.3 is 0 Å². The van der Waals surface area contributed by atoms with Crippen molar-refractivity contribution in [1.82, 2.24) is 10.2 Å². The molecule has 0 saturated heterocycles. The van der Waals surface area contributed by atoms with E-state index in [1.807, 2.05) is 0 Å². The molecule has 0 saturated carbocycles. The van der Waals surface area contributed by atoms with Crippen LogP contribution in [0, 0.1) is 19.7 Å². The van der Waals surface area contributed by atoms with E-state index < -0.39 is 0 Å². The minimum atomic E-state index is -0.315. The van der Waals surface area contributed by atoms with Crippen LogP contribution >= 0.6 is 0 Å². The lowest BCUT2D eigenvalue weighted by Gasteiger charge is -2.22. The van der Waals surface area contributed by atoms with E-state index in [0.717, 1.165) is 5.56 Å². The van der Waals surface area contributed by atoms with Crippen LogP contribution in [0.2, 0.25) is 0 Å². The smallest absolute Gasteiger partial charge is 0.257 e. The molecule has 152 valence electrons. The van der Waals surface area contributed by atoms with Crippen LogP contribution < -0.4 is 5.32 Å². The fourth-order valence-electron chi connectivity index (χ4n) is 2.86. The van der Waals surface area contributed by atoms with E-state index in [1.165, 1.54) is 12.1 Å². The van der Waals surface area contributed by atoms with Crippen LogP contribution in [0.4, 0.5) is 4.39 Å². The van der Waals surface area contributed by atoms with E-state index in [4.69, 9.17) is 9.15 Å². The number of furan rings is 1. The minimum Gasteiger partial charge on any atom is -0.466 e. The highest BCUT2D eigenvalue weighted by atomic mass is 19.1. The summed E-state index contributed by atoms with van der Waals surface area (Å²) in [5.41, 5.74) is 1.33. The van der Waals surface area contributed by atoms with Crippen LogP contribution in [-0.2, 0) is 16.1 Å². The number of amides is 2. The molecule has 0 bridgehead atoms. The maximum atomic E-state index is 12.9. The zero-order chi connectivity index (χ0) is 20.5. The Kier molecular flexibility index (Phi) is 8.19. The van der Waals surface area contributed by atoms with Gasteiger partial charge in [0.05, 0.1) is 5.56 Å². The molecule has 0 fully saturated rings. The minimum absolute atomic E-state index is 0.156. The Balaban J connectivity index is 1.91. The molecule has 1 aromatic carbocycles. The highest BCUT2D eigenvalue weighted by molar-refractivity contribution is 5.95. The summed E-state index contributed by atoms with van der Waals surface area (Å²) in [6.07, 6.45) is 0.852. The molecule has 1 N–H and O–H groups in total. The van der Waals surface area contributed by atoms with Gasteiger partial charge in [0.25, 0.3) is 5.91 Å². The molecule has 2 rings (SSSR count). The summed E-state index contributed by atoms with van der Waals surface area (Å²) in [5, 5.41) is 2.79. The standard InChI is InChI=1S/C21H27FN2O4/c1-15-13-19(16(2)28-15)21(26)24(10-4-12-27-3)11-9-20(25)23-14-17-5-7-18(22)8-6-17/h5-8,13H,4,9-12,14H2,1-3H3,(H,23,25). The summed E-state index contributed by atoms with van der Waals surface area (Å²) in [6.45, 7) is 5.18. The fourth-order valence-corrected chi connectivity index (χ4v) is 2.86. The van der Waals surface area contributed by atoms with Gasteiger partial charge in [-0.15, -0.1) is 0 Å². The van der Waals surface area contributed by atoms with E-state index in [0.29, 0.717) is 49.7 Å². The molecule has 0 atom stereocenters. The summed E-state index contributed by atoms with van der Waals surface area (Å²) >= 11 is 0. The second-order valence-corrected chi connectivity index (χ2v) is 6.62. The van der Waals surface area contributed by atoms with E-state index >= 15 is 0 Å². The van der Waals surface area contributed by atoms with Crippen molar-refractivity contribution in [2.75, 3.05) is 26.8 Å². The molecular formula is C21H27FN2O4. The largest absolute Gasteiger partial charge is 0.466 e. The molecule has 7 heteroatoms. The molecule has 2 aromatic rings. The van der Waals surface area contributed by atoms with Gasteiger partial charge in [0.15, 0.2) is 0 Å². The number of methoxy groups -OCH3 is 1. The number of carbonyl (C=O) groups is 2. The van der Waals surface area contributed by atoms with Gasteiger partial charge in [-0.25, -0.2) is 4.39 Å². The lowest BCUT2D eigenvalue weighted by Crippen LogP contribution is -2.36. The summed E-state index contributed by atoms with van der Waals surface area (Å²) in [5.74, 6) is 0.602. The third kappa shape index (κ3) is 6.49. The SMILES string of the molecule is COCCCN(CCC(=O)NCc1ccc(F)cc1)C(=O)c1cc(C)oc1C. The Morgan fingerprint density at radius 1 is 1.18 bits per heavy atom. The maximum absolute atomic E-state index is 12.9. The number of rotatable bonds is 10. The van der Waals surface area contributed by atoms with Gasteiger partial charge in [0.1, 0.15) is 17.3 Å². The number of nitrogens with one attached hydrogen (secondary N) is 1. The maximum Gasteiger partial charge on any atom is 0.257 e. The van der Waals surface area contributed by atoms with Crippen molar-refractivity contribution in [3.63, 3.8) is 0 Å². The Morgan fingerprint density at radius 3 is 2.50 bits per heavy atom. The Hall–Kier alpha value is -2.67. The summed E-state index contributed by atoms with van der Waals surface area (Å²) in [7, 11) is 1.61. The van der Waals surface area contributed by atoms with Crippen LogP contribution in [-0.4, -0.2) is 43.5 Å². The van der Waals surface area contributed by atoms with Gasteiger partial charge in [0.2, 0.25) is 5.91 Å². The number of benzene rings is 1. The number of halogens is 1. The quantitative estimate of drug-likeness (QED) is 0.633. The van der Waals surface area contributed by atoms with Crippen molar-refractivity contribution in [3.05, 3.63) is 58.8 Å². The number of hydrogen-bond donors (Lipinski definition) is 1. The first-order chi connectivity index (χ1) is 13.4. The molecule has 0 aliphatic rings. The Morgan fingerprint density at radius 2 is 1.89 bits per heavy atom. The molecule has 0 radical (unpaired) electrons. The lowest BCUT2D eigenvalue weighted by molar-refractivity contribution is -0.121. The van der Waals surface area contributed by atoms with Gasteiger partial charge in [0, 0.05) is 39.8 Å². The number of nitrogens with zero attached hydrogens (tertiary/aromatic N) is 1. The Labute approximate surface area is 164 Å². The molecule has 2 amide bonds. The average Bonchev–Trinajstić information content (AvgIpc) is 3.01. The van der Waals surface area contributed by atoms with E-state index in [1.54, 1.807) is 44.1 Å². The summed E-state index contributed by atoms with van der Waals surface area (Å²) in [6, 6.07) is 7.68. The van der Waals surface area contributed by atoms with Crippen molar-refractivity contribution in [2.45, 2.75) is 33.2 Å². The Bertz CT molecular complexity index is 786. The first-order valence-electron chi connectivity index (χ1n) is 9.27. The second-order valence-electron chi connectivity index (χ2n) is 6.62. The zero-order valence-corrected chi connectivity index (χ0v) is 16.6. The van der Waals surface area contributed by atoms with Crippen molar-refractivity contribution < 1.29 is 23.1 Å². The normalized spacial score (nSPS) is 10.7. The average molecular weight is 390 g/mol. The van der Waals surface area contributed by atoms with Crippen LogP contribution in [0.3, 0.4) is 0 Å². The molecule has 0 spiro atoms. The van der Waals surface area contributed by atoms with Gasteiger partial charge in [-0.05, 0) is 44.0 Å². The highest BCUT2D eigenvalue weighted by Crippen LogP contribution is 2.16. The van der Waals surface area contributed by atoms with Crippen molar-refractivity contribution >= 4 is 11.8 Å². The zero-order valence-electron chi connectivity index (χ0n) is 16.6. The van der Waals surface area contributed by atoms with E-state index in [-0.39, 0.29) is 24.1 Å².